The number of carbonyl (C=O) groups excluding carboxylic acids is 1. The second-order valence-corrected chi connectivity index (χ2v) is 6.95. The number of carbonyl (C=O) groups is 1. The standard InChI is InChI=1S/C13H18N2O3S/c1-10(2)13(16)14-11-5-3-6-12(9-11)15-7-4-8-19(15,17)18/h3,5-6,9-10H,4,7-8H2,1-2H3,(H,14,16). The number of hydrogen-bond donors (Lipinski definition) is 1. The maximum absolute atomic E-state index is 11.8. The van der Waals surface area contributed by atoms with E-state index in [9.17, 15) is 13.2 Å². The molecule has 0 aliphatic carbocycles. The lowest BCUT2D eigenvalue weighted by Crippen LogP contribution is -2.25. The number of sulfonamides is 1. The highest BCUT2D eigenvalue weighted by atomic mass is 32.2. The molecule has 1 saturated heterocycles. The molecule has 1 amide bonds. The molecular weight excluding hydrogens is 264 g/mol. The second-order valence-electron chi connectivity index (χ2n) is 4.94. The van der Waals surface area contributed by atoms with Crippen molar-refractivity contribution in [3.63, 3.8) is 0 Å². The lowest BCUT2D eigenvalue weighted by atomic mass is 10.2. The monoisotopic (exact) mass is 282 g/mol. The van der Waals surface area contributed by atoms with Crippen LogP contribution in [-0.4, -0.2) is 26.6 Å². The molecule has 0 spiro atoms. The van der Waals surface area contributed by atoms with Gasteiger partial charge < -0.3 is 5.32 Å². The number of nitrogens with one attached hydrogen (secondary N) is 1. The fourth-order valence-corrected chi connectivity index (χ4v) is 3.51. The van der Waals surface area contributed by atoms with Crippen molar-refractivity contribution in [3.8, 4) is 0 Å². The minimum absolute atomic E-state index is 0.0820. The molecule has 6 heteroatoms. The Morgan fingerprint density at radius 2 is 2.11 bits per heavy atom. The highest BCUT2D eigenvalue weighted by Gasteiger charge is 2.28. The molecule has 1 heterocycles. The molecule has 104 valence electrons. The number of anilines is 2. The van der Waals surface area contributed by atoms with Crippen molar-refractivity contribution in [2.75, 3.05) is 21.9 Å². The zero-order valence-corrected chi connectivity index (χ0v) is 11.9. The minimum atomic E-state index is -3.18. The summed E-state index contributed by atoms with van der Waals surface area (Å²) >= 11 is 0. The summed E-state index contributed by atoms with van der Waals surface area (Å²) in [5, 5.41) is 2.77. The molecule has 1 aliphatic heterocycles. The number of amides is 1. The van der Waals surface area contributed by atoms with E-state index in [2.05, 4.69) is 5.32 Å². The first-order chi connectivity index (χ1) is 8.90. The Kier molecular flexibility index (Phi) is 3.80. The number of rotatable bonds is 3. The molecule has 0 unspecified atom stereocenters. The van der Waals surface area contributed by atoms with E-state index < -0.39 is 10.0 Å². The van der Waals surface area contributed by atoms with Crippen LogP contribution in [0.2, 0.25) is 0 Å². The highest BCUT2D eigenvalue weighted by Crippen LogP contribution is 2.26. The molecule has 2 rings (SSSR count). The summed E-state index contributed by atoms with van der Waals surface area (Å²) in [6.07, 6.45) is 0.644. The predicted octanol–water partition coefficient (Wildman–Crippen LogP) is 1.82. The summed E-state index contributed by atoms with van der Waals surface area (Å²) in [5.41, 5.74) is 1.23. The van der Waals surface area contributed by atoms with Gasteiger partial charge in [0.2, 0.25) is 15.9 Å². The number of hydrogen-bond acceptors (Lipinski definition) is 3. The van der Waals surface area contributed by atoms with Crippen molar-refractivity contribution in [1.29, 1.82) is 0 Å². The number of nitrogens with zero attached hydrogens (tertiary/aromatic N) is 1. The van der Waals surface area contributed by atoms with Gasteiger partial charge in [-0.25, -0.2) is 8.42 Å². The van der Waals surface area contributed by atoms with Crippen LogP contribution in [0, 0.1) is 5.92 Å². The van der Waals surface area contributed by atoms with Crippen LogP contribution in [0.3, 0.4) is 0 Å². The normalized spacial score (nSPS) is 17.7. The van der Waals surface area contributed by atoms with E-state index in [0.717, 1.165) is 0 Å². The highest BCUT2D eigenvalue weighted by molar-refractivity contribution is 7.93. The van der Waals surface area contributed by atoms with E-state index in [0.29, 0.717) is 24.3 Å². The smallest absolute Gasteiger partial charge is 0.235 e. The third-order valence-electron chi connectivity index (χ3n) is 3.03. The van der Waals surface area contributed by atoms with E-state index >= 15 is 0 Å². The molecule has 19 heavy (non-hydrogen) atoms. The Morgan fingerprint density at radius 1 is 1.37 bits per heavy atom. The first kappa shape index (κ1) is 13.9. The van der Waals surface area contributed by atoms with Gasteiger partial charge in [0.1, 0.15) is 0 Å². The first-order valence-corrected chi connectivity index (χ1v) is 7.92. The Bertz CT molecular complexity index is 581. The molecule has 0 saturated carbocycles. The van der Waals surface area contributed by atoms with Crippen molar-refractivity contribution >= 4 is 27.3 Å². The molecule has 1 aromatic carbocycles. The Balaban J connectivity index is 2.23. The molecule has 0 aromatic heterocycles. The fraction of sp³-hybridized carbons (Fsp3) is 0.462. The summed E-state index contributed by atoms with van der Waals surface area (Å²) in [6, 6.07) is 6.95. The largest absolute Gasteiger partial charge is 0.326 e. The van der Waals surface area contributed by atoms with Crippen LogP contribution in [-0.2, 0) is 14.8 Å². The average Bonchev–Trinajstić information content (AvgIpc) is 2.69. The van der Waals surface area contributed by atoms with E-state index in [1.807, 2.05) is 13.8 Å². The van der Waals surface area contributed by atoms with Crippen molar-refractivity contribution < 1.29 is 13.2 Å². The van der Waals surface area contributed by atoms with Gasteiger partial charge in [-0.2, -0.15) is 0 Å². The van der Waals surface area contributed by atoms with Crippen LogP contribution < -0.4 is 9.62 Å². The van der Waals surface area contributed by atoms with Crippen molar-refractivity contribution in [2.45, 2.75) is 20.3 Å². The Hall–Kier alpha value is -1.56. The average molecular weight is 282 g/mol. The third kappa shape index (κ3) is 3.07. The maximum Gasteiger partial charge on any atom is 0.235 e. The van der Waals surface area contributed by atoms with Gasteiger partial charge in [-0.15, -0.1) is 0 Å². The fourth-order valence-electron chi connectivity index (χ4n) is 1.95. The summed E-state index contributed by atoms with van der Waals surface area (Å²) in [7, 11) is -3.18. The van der Waals surface area contributed by atoms with Gasteiger partial charge in [0.25, 0.3) is 0 Å². The molecule has 1 aliphatic rings. The molecule has 0 bridgehead atoms. The van der Waals surface area contributed by atoms with Crippen LogP contribution in [0.1, 0.15) is 20.3 Å². The quantitative estimate of drug-likeness (QED) is 0.919. The zero-order chi connectivity index (χ0) is 14.0. The SMILES string of the molecule is CC(C)C(=O)Nc1cccc(N2CCCS2(=O)=O)c1. The van der Waals surface area contributed by atoms with E-state index in [1.165, 1.54) is 4.31 Å². The van der Waals surface area contributed by atoms with Gasteiger partial charge in [0.15, 0.2) is 0 Å². The van der Waals surface area contributed by atoms with Gasteiger partial charge in [0, 0.05) is 18.2 Å². The summed E-state index contributed by atoms with van der Waals surface area (Å²) in [5.74, 6) is -0.00382. The lowest BCUT2D eigenvalue weighted by molar-refractivity contribution is -0.118. The molecular formula is C13H18N2O3S. The Morgan fingerprint density at radius 3 is 2.68 bits per heavy atom. The van der Waals surface area contributed by atoms with Crippen LogP contribution in [0.15, 0.2) is 24.3 Å². The molecule has 0 radical (unpaired) electrons. The summed E-state index contributed by atoms with van der Waals surface area (Å²) < 4.78 is 25.1. The van der Waals surface area contributed by atoms with Crippen LogP contribution in [0.4, 0.5) is 11.4 Å². The second kappa shape index (κ2) is 5.21. The topological polar surface area (TPSA) is 66.5 Å². The Labute approximate surface area is 113 Å². The third-order valence-corrected chi connectivity index (χ3v) is 4.89. The number of benzene rings is 1. The van der Waals surface area contributed by atoms with Gasteiger partial charge in [-0.3, -0.25) is 9.10 Å². The molecule has 1 N–H and O–H groups in total. The van der Waals surface area contributed by atoms with Crippen molar-refractivity contribution in [2.24, 2.45) is 5.92 Å². The van der Waals surface area contributed by atoms with Gasteiger partial charge in [-0.1, -0.05) is 19.9 Å². The lowest BCUT2D eigenvalue weighted by Gasteiger charge is -2.18. The maximum atomic E-state index is 11.8. The molecule has 5 nitrogen and oxygen atoms in total. The van der Waals surface area contributed by atoms with E-state index in [-0.39, 0.29) is 17.6 Å². The van der Waals surface area contributed by atoms with Gasteiger partial charge in [-0.05, 0) is 24.6 Å². The van der Waals surface area contributed by atoms with Crippen LogP contribution >= 0.6 is 0 Å². The van der Waals surface area contributed by atoms with Crippen molar-refractivity contribution in [1.82, 2.24) is 0 Å². The molecule has 1 fully saturated rings. The first-order valence-electron chi connectivity index (χ1n) is 6.31. The van der Waals surface area contributed by atoms with E-state index in [1.54, 1.807) is 24.3 Å². The minimum Gasteiger partial charge on any atom is -0.326 e. The summed E-state index contributed by atoms with van der Waals surface area (Å²) in [4.78, 5) is 11.6. The predicted molar refractivity (Wildman–Crippen MR) is 75.7 cm³/mol. The van der Waals surface area contributed by atoms with Crippen molar-refractivity contribution in [3.05, 3.63) is 24.3 Å². The zero-order valence-electron chi connectivity index (χ0n) is 11.1. The van der Waals surface area contributed by atoms with Gasteiger partial charge in [0.05, 0.1) is 11.4 Å². The van der Waals surface area contributed by atoms with Gasteiger partial charge >= 0.3 is 0 Å². The van der Waals surface area contributed by atoms with Crippen LogP contribution in [0.25, 0.3) is 0 Å². The van der Waals surface area contributed by atoms with E-state index in [4.69, 9.17) is 0 Å². The molecule has 1 aromatic rings. The van der Waals surface area contributed by atoms with Crippen LogP contribution in [0.5, 0.6) is 0 Å². The molecule has 0 atom stereocenters. The summed E-state index contributed by atoms with van der Waals surface area (Å²) in [6.45, 7) is 4.12.